The van der Waals surface area contributed by atoms with Gasteiger partial charge in [0.25, 0.3) is 0 Å². The molecule has 0 aliphatic heterocycles. The minimum absolute atomic E-state index is 0.706. The van der Waals surface area contributed by atoms with Crippen molar-refractivity contribution in [3.63, 3.8) is 0 Å². The molecular formula is C16H13ClN2O. The highest BCUT2D eigenvalue weighted by Gasteiger charge is 2.10. The summed E-state index contributed by atoms with van der Waals surface area (Å²) in [6.07, 6.45) is 0. The van der Waals surface area contributed by atoms with Crippen LogP contribution in [0.2, 0.25) is 5.02 Å². The van der Waals surface area contributed by atoms with Crippen LogP contribution < -0.4 is 4.74 Å². The highest BCUT2D eigenvalue weighted by atomic mass is 35.5. The number of hydrogen-bond acceptors (Lipinski definition) is 3. The zero-order chi connectivity index (χ0) is 14.1. The largest absolute Gasteiger partial charge is 0.494 e. The van der Waals surface area contributed by atoms with Gasteiger partial charge in [0, 0.05) is 10.6 Å². The topological polar surface area (TPSA) is 35.0 Å². The van der Waals surface area contributed by atoms with Gasteiger partial charge in [-0.15, -0.1) is 0 Å². The summed E-state index contributed by atoms with van der Waals surface area (Å²) in [5.41, 5.74) is 4.32. The highest BCUT2D eigenvalue weighted by Crippen LogP contribution is 2.28. The quantitative estimate of drug-likeness (QED) is 0.705. The van der Waals surface area contributed by atoms with Crippen molar-refractivity contribution < 1.29 is 4.74 Å². The number of aryl methyl sites for hydroxylation is 1. The molecule has 0 N–H and O–H groups in total. The number of benzene rings is 2. The molecule has 20 heavy (non-hydrogen) atoms. The van der Waals surface area contributed by atoms with Gasteiger partial charge >= 0.3 is 0 Å². The summed E-state index contributed by atoms with van der Waals surface area (Å²) in [6.45, 7) is 1.95. The second kappa shape index (κ2) is 5.10. The standard InChI is InChI=1S/C16H13ClN2O/c1-10-15(11-6-8-12(17)9-7-11)19-16-13(18-10)4-3-5-14(16)20-2/h3-9H,1-2H3. The van der Waals surface area contributed by atoms with Crippen LogP contribution in [0.1, 0.15) is 5.69 Å². The van der Waals surface area contributed by atoms with E-state index in [1.54, 1.807) is 7.11 Å². The van der Waals surface area contributed by atoms with Crippen LogP contribution in [-0.4, -0.2) is 17.1 Å². The summed E-state index contributed by atoms with van der Waals surface area (Å²) >= 11 is 5.93. The lowest BCUT2D eigenvalue weighted by molar-refractivity contribution is 0.419. The first-order valence-corrected chi connectivity index (χ1v) is 6.64. The van der Waals surface area contributed by atoms with Gasteiger partial charge < -0.3 is 4.74 Å². The zero-order valence-corrected chi connectivity index (χ0v) is 12.0. The first kappa shape index (κ1) is 12.9. The summed E-state index contributed by atoms with van der Waals surface area (Å²) < 4.78 is 5.35. The molecule has 3 aromatic rings. The van der Waals surface area contributed by atoms with Crippen LogP contribution in [0.3, 0.4) is 0 Å². The molecule has 0 radical (unpaired) electrons. The molecule has 0 saturated carbocycles. The van der Waals surface area contributed by atoms with E-state index in [0.29, 0.717) is 5.02 Å². The highest BCUT2D eigenvalue weighted by molar-refractivity contribution is 6.30. The molecule has 2 aromatic carbocycles. The van der Waals surface area contributed by atoms with Crippen molar-refractivity contribution in [2.24, 2.45) is 0 Å². The number of nitrogens with zero attached hydrogens (tertiary/aromatic N) is 2. The molecular weight excluding hydrogens is 272 g/mol. The Morgan fingerprint density at radius 1 is 1.00 bits per heavy atom. The van der Waals surface area contributed by atoms with Crippen LogP contribution in [0.15, 0.2) is 42.5 Å². The number of aromatic nitrogens is 2. The van der Waals surface area contributed by atoms with Gasteiger partial charge in [-0.2, -0.15) is 0 Å². The molecule has 0 spiro atoms. The van der Waals surface area contributed by atoms with Crippen molar-refractivity contribution in [2.75, 3.05) is 7.11 Å². The number of methoxy groups -OCH3 is 1. The molecule has 0 amide bonds. The zero-order valence-electron chi connectivity index (χ0n) is 11.2. The first-order chi connectivity index (χ1) is 9.69. The summed E-state index contributed by atoms with van der Waals surface area (Å²) in [5.74, 6) is 0.727. The Morgan fingerprint density at radius 2 is 1.75 bits per heavy atom. The lowest BCUT2D eigenvalue weighted by atomic mass is 10.1. The number of hydrogen-bond donors (Lipinski definition) is 0. The van der Waals surface area contributed by atoms with E-state index >= 15 is 0 Å². The Labute approximate surface area is 122 Å². The van der Waals surface area contributed by atoms with Gasteiger partial charge in [-0.25, -0.2) is 9.97 Å². The molecule has 0 aliphatic rings. The second-order valence-electron chi connectivity index (χ2n) is 4.49. The Hall–Kier alpha value is -2.13. The molecule has 0 unspecified atom stereocenters. The monoisotopic (exact) mass is 284 g/mol. The third-order valence-corrected chi connectivity index (χ3v) is 3.42. The Morgan fingerprint density at radius 3 is 2.45 bits per heavy atom. The summed E-state index contributed by atoms with van der Waals surface area (Å²) in [4.78, 5) is 9.32. The molecule has 4 heteroatoms. The average Bonchev–Trinajstić information content (AvgIpc) is 2.47. The van der Waals surface area contributed by atoms with Crippen LogP contribution in [0.4, 0.5) is 0 Å². The van der Waals surface area contributed by atoms with E-state index in [2.05, 4.69) is 4.98 Å². The molecule has 0 atom stereocenters. The summed E-state index contributed by atoms with van der Waals surface area (Å²) in [5, 5.41) is 0.706. The fourth-order valence-corrected chi connectivity index (χ4v) is 2.31. The lowest BCUT2D eigenvalue weighted by Crippen LogP contribution is -1.96. The Kier molecular flexibility index (Phi) is 3.28. The lowest BCUT2D eigenvalue weighted by Gasteiger charge is -2.09. The van der Waals surface area contributed by atoms with Crippen molar-refractivity contribution in [3.8, 4) is 17.0 Å². The number of para-hydroxylation sites is 1. The molecule has 1 aromatic heterocycles. The van der Waals surface area contributed by atoms with E-state index in [9.17, 15) is 0 Å². The van der Waals surface area contributed by atoms with E-state index in [0.717, 1.165) is 33.7 Å². The van der Waals surface area contributed by atoms with Gasteiger partial charge in [0.2, 0.25) is 0 Å². The minimum atomic E-state index is 0.706. The van der Waals surface area contributed by atoms with Gasteiger partial charge in [-0.3, -0.25) is 0 Å². The average molecular weight is 285 g/mol. The number of halogens is 1. The molecule has 3 rings (SSSR count). The maximum atomic E-state index is 5.93. The molecule has 3 nitrogen and oxygen atoms in total. The normalized spacial score (nSPS) is 10.8. The predicted octanol–water partition coefficient (Wildman–Crippen LogP) is 4.27. The summed E-state index contributed by atoms with van der Waals surface area (Å²) in [6, 6.07) is 13.3. The Bertz CT molecular complexity index is 769. The molecule has 1 heterocycles. The number of fused-ring (bicyclic) bond motifs is 1. The van der Waals surface area contributed by atoms with E-state index in [1.807, 2.05) is 49.4 Å². The molecule has 100 valence electrons. The van der Waals surface area contributed by atoms with Crippen molar-refractivity contribution >= 4 is 22.6 Å². The summed E-state index contributed by atoms with van der Waals surface area (Å²) in [7, 11) is 1.64. The molecule has 0 aliphatic carbocycles. The van der Waals surface area contributed by atoms with Gasteiger partial charge in [0.05, 0.1) is 24.0 Å². The van der Waals surface area contributed by atoms with Crippen molar-refractivity contribution in [3.05, 3.63) is 53.2 Å². The van der Waals surface area contributed by atoms with Crippen LogP contribution in [0, 0.1) is 6.92 Å². The Balaban J connectivity index is 2.25. The maximum absolute atomic E-state index is 5.93. The fourth-order valence-electron chi connectivity index (χ4n) is 2.19. The van der Waals surface area contributed by atoms with Crippen LogP contribution in [0.5, 0.6) is 5.75 Å². The molecule has 0 saturated heterocycles. The first-order valence-electron chi connectivity index (χ1n) is 6.26. The van der Waals surface area contributed by atoms with E-state index < -0.39 is 0 Å². The van der Waals surface area contributed by atoms with Crippen molar-refractivity contribution in [1.82, 2.24) is 9.97 Å². The van der Waals surface area contributed by atoms with E-state index in [-0.39, 0.29) is 0 Å². The van der Waals surface area contributed by atoms with E-state index in [1.165, 1.54) is 0 Å². The molecule has 0 bridgehead atoms. The van der Waals surface area contributed by atoms with Gasteiger partial charge in [-0.05, 0) is 31.2 Å². The van der Waals surface area contributed by atoms with Gasteiger partial charge in [0.1, 0.15) is 11.3 Å². The number of rotatable bonds is 2. The van der Waals surface area contributed by atoms with Gasteiger partial charge in [0.15, 0.2) is 0 Å². The second-order valence-corrected chi connectivity index (χ2v) is 4.93. The smallest absolute Gasteiger partial charge is 0.146 e. The van der Waals surface area contributed by atoms with Crippen LogP contribution >= 0.6 is 11.6 Å². The van der Waals surface area contributed by atoms with Crippen molar-refractivity contribution in [2.45, 2.75) is 6.92 Å². The minimum Gasteiger partial charge on any atom is -0.494 e. The fraction of sp³-hybridized carbons (Fsp3) is 0.125. The molecule has 0 fully saturated rings. The van der Waals surface area contributed by atoms with Crippen LogP contribution in [-0.2, 0) is 0 Å². The third kappa shape index (κ3) is 2.21. The SMILES string of the molecule is COc1cccc2nc(C)c(-c3ccc(Cl)cc3)nc12. The van der Waals surface area contributed by atoms with Gasteiger partial charge in [-0.1, -0.05) is 29.8 Å². The van der Waals surface area contributed by atoms with E-state index in [4.69, 9.17) is 21.3 Å². The number of ether oxygens (including phenoxy) is 1. The predicted molar refractivity (Wildman–Crippen MR) is 81.3 cm³/mol. The van der Waals surface area contributed by atoms with Crippen molar-refractivity contribution in [1.29, 1.82) is 0 Å². The third-order valence-electron chi connectivity index (χ3n) is 3.17. The van der Waals surface area contributed by atoms with Crippen LogP contribution in [0.25, 0.3) is 22.3 Å². The maximum Gasteiger partial charge on any atom is 0.146 e.